The molecule has 0 radical (unpaired) electrons. The van der Waals surface area contributed by atoms with Gasteiger partial charge in [-0.3, -0.25) is 0 Å². The fourth-order valence-corrected chi connectivity index (χ4v) is 3.41. The van der Waals surface area contributed by atoms with Crippen LogP contribution in [-0.2, 0) is 0 Å². The van der Waals surface area contributed by atoms with Gasteiger partial charge in [-0.15, -0.1) is 0 Å². The van der Waals surface area contributed by atoms with Crippen LogP contribution in [0.1, 0.15) is 64.7 Å². The molecule has 0 aromatic heterocycles. The third kappa shape index (κ3) is 7.93. The molecule has 1 aliphatic carbocycles. The van der Waals surface area contributed by atoms with Crippen LogP contribution in [-0.4, -0.2) is 45.3 Å². The van der Waals surface area contributed by atoms with Crippen LogP contribution in [0.4, 0.5) is 0 Å². The molecule has 0 aliphatic heterocycles. The summed E-state index contributed by atoms with van der Waals surface area (Å²) in [5, 5.41) is 39.1. The fraction of sp³-hybridized carbons (Fsp3) is 0.800. The predicted molar refractivity (Wildman–Crippen MR) is 97.6 cm³/mol. The van der Waals surface area contributed by atoms with Crippen molar-refractivity contribution in [3.05, 3.63) is 24.3 Å². The minimum Gasteiger partial charge on any atom is -0.396 e. The third-order valence-electron chi connectivity index (χ3n) is 4.93. The van der Waals surface area contributed by atoms with Gasteiger partial charge in [-0.25, -0.2) is 0 Å². The highest BCUT2D eigenvalue weighted by Gasteiger charge is 2.39. The van der Waals surface area contributed by atoms with E-state index in [0.29, 0.717) is 6.42 Å². The lowest BCUT2D eigenvalue weighted by atomic mass is 9.89. The van der Waals surface area contributed by atoms with Crippen LogP contribution < -0.4 is 0 Å². The zero-order valence-corrected chi connectivity index (χ0v) is 15.1. The molecule has 1 saturated carbocycles. The first kappa shape index (κ1) is 21.4. The van der Waals surface area contributed by atoms with Gasteiger partial charge in [0.25, 0.3) is 0 Å². The van der Waals surface area contributed by atoms with Gasteiger partial charge in [-0.2, -0.15) is 0 Å². The summed E-state index contributed by atoms with van der Waals surface area (Å²) < 4.78 is 0. The van der Waals surface area contributed by atoms with Gasteiger partial charge in [0, 0.05) is 18.9 Å². The van der Waals surface area contributed by atoms with Crippen molar-refractivity contribution in [1.82, 2.24) is 0 Å². The predicted octanol–water partition coefficient (Wildman–Crippen LogP) is 2.95. The maximum absolute atomic E-state index is 10.2. The van der Waals surface area contributed by atoms with Crippen molar-refractivity contribution in [3.63, 3.8) is 0 Å². The van der Waals surface area contributed by atoms with Crippen molar-refractivity contribution in [3.8, 4) is 0 Å². The van der Waals surface area contributed by atoms with E-state index in [4.69, 9.17) is 5.11 Å². The Morgan fingerprint density at radius 1 is 1.04 bits per heavy atom. The molecule has 1 aliphatic rings. The Labute approximate surface area is 146 Å². The van der Waals surface area contributed by atoms with Gasteiger partial charge >= 0.3 is 0 Å². The van der Waals surface area contributed by atoms with E-state index in [1.54, 1.807) is 6.08 Å². The van der Waals surface area contributed by atoms with E-state index in [9.17, 15) is 15.3 Å². The molecule has 0 aromatic carbocycles. The zero-order chi connectivity index (χ0) is 17.8. The lowest BCUT2D eigenvalue weighted by Crippen LogP contribution is -2.20. The van der Waals surface area contributed by atoms with Gasteiger partial charge < -0.3 is 20.4 Å². The second-order valence-electron chi connectivity index (χ2n) is 6.99. The maximum Gasteiger partial charge on any atom is 0.0721 e. The van der Waals surface area contributed by atoms with Crippen LogP contribution in [0.2, 0.25) is 0 Å². The monoisotopic (exact) mass is 340 g/mol. The molecule has 1 fully saturated rings. The van der Waals surface area contributed by atoms with Crippen LogP contribution in [0, 0.1) is 11.8 Å². The van der Waals surface area contributed by atoms with E-state index in [1.807, 2.05) is 6.08 Å². The standard InChI is InChI=1S/C20H36O4/c1-2-3-7-10-16(22)12-13-18-17(19(23)15-20(18)24)11-8-5-4-6-9-14-21/h5,8,12-13,16-24H,2-4,6-7,9-11,14-15H2,1H3/t16-,17+,18+,19-,20+/m0/s1. The second kappa shape index (κ2) is 12.6. The molecule has 0 heterocycles. The van der Waals surface area contributed by atoms with E-state index >= 15 is 0 Å². The van der Waals surface area contributed by atoms with Gasteiger partial charge in [0.2, 0.25) is 0 Å². The molecule has 4 heteroatoms. The van der Waals surface area contributed by atoms with Crippen molar-refractivity contribution < 1.29 is 20.4 Å². The summed E-state index contributed by atoms with van der Waals surface area (Å²) in [6, 6.07) is 0. The molecule has 0 saturated heterocycles. The summed E-state index contributed by atoms with van der Waals surface area (Å²) in [5.74, 6) is -0.0869. The van der Waals surface area contributed by atoms with Crippen molar-refractivity contribution in [2.75, 3.05) is 6.61 Å². The van der Waals surface area contributed by atoms with Crippen molar-refractivity contribution in [2.45, 2.75) is 83.0 Å². The van der Waals surface area contributed by atoms with E-state index in [2.05, 4.69) is 19.1 Å². The molecule has 4 nitrogen and oxygen atoms in total. The van der Waals surface area contributed by atoms with E-state index in [-0.39, 0.29) is 18.4 Å². The highest BCUT2D eigenvalue weighted by Crippen LogP contribution is 2.36. The number of rotatable bonds is 12. The molecule has 4 N–H and O–H groups in total. The first-order chi connectivity index (χ1) is 11.6. The molecule has 5 atom stereocenters. The molecule has 1 rings (SSSR count). The van der Waals surface area contributed by atoms with Crippen LogP contribution >= 0.6 is 0 Å². The maximum atomic E-state index is 10.2. The number of aliphatic hydroxyl groups excluding tert-OH is 4. The van der Waals surface area contributed by atoms with Crippen molar-refractivity contribution >= 4 is 0 Å². The van der Waals surface area contributed by atoms with Crippen LogP contribution in [0.15, 0.2) is 24.3 Å². The summed E-state index contributed by atoms with van der Waals surface area (Å²) in [6.07, 6.45) is 14.3. The summed E-state index contributed by atoms with van der Waals surface area (Å²) >= 11 is 0. The molecule has 0 bridgehead atoms. The Hall–Kier alpha value is -0.680. The molecule has 140 valence electrons. The topological polar surface area (TPSA) is 80.9 Å². The highest BCUT2D eigenvalue weighted by molar-refractivity contribution is 5.06. The van der Waals surface area contributed by atoms with E-state index < -0.39 is 18.3 Å². The van der Waals surface area contributed by atoms with E-state index in [1.165, 1.54) is 0 Å². The molecule has 24 heavy (non-hydrogen) atoms. The van der Waals surface area contributed by atoms with Crippen LogP contribution in [0.3, 0.4) is 0 Å². The van der Waals surface area contributed by atoms with Gasteiger partial charge in [0.05, 0.1) is 18.3 Å². The van der Waals surface area contributed by atoms with Gasteiger partial charge in [0.15, 0.2) is 0 Å². The van der Waals surface area contributed by atoms with Crippen molar-refractivity contribution in [1.29, 1.82) is 0 Å². The Morgan fingerprint density at radius 2 is 1.83 bits per heavy atom. The molecule has 0 amide bonds. The third-order valence-corrected chi connectivity index (χ3v) is 4.93. The number of aliphatic hydroxyl groups is 4. The number of allylic oxidation sites excluding steroid dienone is 2. The Bertz CT molecular complexity index is 367. The minimum atomic E-state index is -0.535. The lowest BCUT2D eigenvalue weighted by molar-refractivity contribution is 0.120. The normalized spacial score (nSPS) is 29.0. The lowest BCUT2D eigenvalue weighted by Gasteiger charge is -2.19. The smallest absolute Gasteiger partial charge is 0.0721 e. The molecule has 0 aromatic rings. The summed E-state index contributed by atoms with van der Waals surface area (Å²) in [5.41, 5.74) is 0. The molecule has 0 unspecified atom stereocenters. The number of hydrogen-bond acceptors (Lipinski definition) is 4. The summed E-state index contributed by atoms with van der Waals surface area (Å²) in [6.45, 7) is 2.37. The highest BCUT2D eigenvalue weighted by atomic mass is 16.3. The van der Waals surface area contributed by atoms with Gasteiger partial charge in [-0.1, -0.05) is 50.5 Å². The quantitative estimate of drug-likeness (QED) is 0.325. The number of unbranched alkanes of at least 4 members (excludes halogenated alkanes) is 4. The second-order valence-corrected chi connectivity index (χ2v) is 6.99. The zero-order valence-electron chi connectivity index (χ0n) is 15.1. The first-order valence-corrected chi connectivity index (χ1v) is 9.58. The Kier molecular flexibility index (Phi) is 11.3. The van der Waals surface area contributed by atoms with Crippen LogP contribution in [0.5, 0.6) is 0 Å². The largest absolute Gasteiger partial charge is 0.396 e. The summed E-state index contributed by atoms with van der Waals surface area (Å²) in [7, 11) is 0. The average molecular weight is 341 g/mol. The SMILES string of the molecule is CCCCC[C@H](O)C=C[C@@H]1[C@@H](CC=CCCCCO)[C@@H](O)C[C@H]1O. The summed E-state index contributed by atoms with van der Waals surface area (Å²) in [4.78, 5) is 0. The van der Waals surface area contributed by atoms with Crippen molar-refractivity contribution in [2.24, 2.45) is 11.8 Å². The van der Waals surface area contributed by atoms with E-state index in [0.717, 1.165) is 51.4 Å². The average Bonchev–Trinajstić information content (AvgIpc) is 2.82. The molecular weight excluding hydrogens is 304 g/mol. The first-order valence-electron chi connectivity index (χ1n) is 9.58. The minimum absolute atomic E-state index is 0.00758. The van der Waals surface area contributed by atoms with Gasteiger partial charge in [0.1, 0.15) is 0 Å². The van der Waals surface area contributed by atoms with Crippen LogP contribution in [0.25, 0.3) is 0 Å². The van der Waals surface area contributed by atoms with Gasteiger partial charge in [-0.05, 0) is 38.0 Å². The number of hydrogen-bond donors (Lipinski definition) is 4. The molecular formula is C20H36O4. The Morgan fingerprint density at radius 3 is 2.54 bits per heavy atom. The fourth-order valence-electron chi connectivity index (χ4n) is 3.41. The molecule has 0 spiro atoms. The Balaban J connectivity index is 2.46.